The van der Waals surface area contributed by atoms with Gasteiger partial charge in [-0.05, 0) is 18.1 Å². The predicted octanol–water partition coefficient (Wildman–Crippen LogP) is 1.77. The fraction of sp³-hybridized carbons (Fsp3) is 0.500. The minimum Gasteiger partial charge on any atom is -0.481 e. The summed E-state index contributed by atoms with van der Waals surface area (Å²) in [7, 11) is 0. The van der Waals surface area contributed by atoms with E-state index in [0.717, 1.165) is 23.4 Å². The first-order chi connectivity index (χ1) is 12.1. The van der Waals surface area contributed by atoms with E-state index in [1.54, 1.807) is 21.6 Å². The van der Waals surface area contributed by atoms with Crippen molar-refractivity contribution < 1.29 is 19.5 Å². The lowest BCUT2D eigenvalue weighted by molar-refractivity contribution is -0.140. The molecular weight excluding hydrogens is 340 g/mol. The number of amides is 2. The highest BCUT2D eigenvalue weighted by atomic mass is 32.2. The van der Waals surface area contributed by atoms with Gasteiger partial charge in [-0.2, -0.15) is 11.8 Å². The normalized spacial score (nSPS) is 20.3. The topological polar surface area (TPSA) is 77.9 Å². The van der Waals surface area contributed by atoms with Crippen LogP contribution in [0.25, 0.3) is 0 Å². The van der Waals surface area contributed by atoms with Crippen LogP contribution in [0.15, 0.2) is 24.3 Å². The lowest BCUT2D eigenvalue weighted by atomic mass is 10.0. The first kappa shape index (κ1) is 17.8. The van der Waals surface area contributed by atoms with E-state index in [1.165, 1.54) is 0 Å². The molecule has 2 amide bonds. The van der Waals surface area contributed by atoms with Gasteiger partial charge in [0.05, 0.1) is 12.5 Å². The van der Waals surface area contributed by atoms with Crippen molar-refractivity contribution in [3.8, 4) is 0 Å². The SMILES string of the molecule is O=C(O)CC1CSCCN1C(=O)CCN1C(=O)CCc2ccccc21. The van der Waals surface area contributed by atoms with Crippen LogP contribution < -0.4 is 4.90 Å². The van der Waals surface area contributed by atoms with Crippen molar-refractivity contribution in [3.63, 3.8) is 0 Å². The third-order valence-electron chi connectivity index (χ3n) is 4.70. The van der Waals surface area contributed by atoms with Gasteiger partial charge in [-0.1, -0.05) is 18.2 Å². The molecule has 0 saturated carbocycles. The number of carboxylic acids is 1. The number of benzene rings is 1. The van der Waals surface area contributed by atoms with Crippen molar-refractivity contribution in [2.75, 3.05) is 29.5 Å². The van der Waals surface area contributed by atoms with Gasteiger partial charge in [-0.25, -0.2) is 0 Å². The van der Waals surface area contributed by atoms with Crippen LogP contribution >= 0.6 is 11.8 Å². The number of aliphatic carboxylic acids is 1. The number of hydrogen-bond acceptors (Lipinski definition) is 4. The fourth-order valence-electron chi connectivity index (χ4n) is 3.45. The van der Waals surface area contributed by atoms with Crippen LogP contribution in [0.5, 0.6) is 0 Å². The van der Waals surface area contributed by atoms with Crippen LogP contribution in [0.4, 0.5) is 5.69 Å². The van der Waals surface area contributed by atoms with Crippen LogP contribution in [-0.2, 0) is 20.8 Å². The van der Waals surface area contributed by atoms with Gasteiger partial charge in [0.25, 0.3) is 0 Å². The zero-order chi connectivity index (χ0) is 17.8. The summed E-state index contributed by atoms with van der Waals surface area (Å²) in [5.74, 6) is 0.576. The molecule has 2 aliphatic heterocycles. The minimum absolute atomic E-state index is 0.0236. The molecule has 1 aromatic carbocycles. The maximum absolute atomic E-state index is 12.6. The maximum atomic E-state index is 12.6. The number of carbonyl (C=O) groups excluding carboxylic acids is 2. The van der Waals surface area contributed by atoms with Crippen LogP contribution in [0.1, 0.15) is 24.8 Å². The Labute approximate surface area is 151 Å². The molecule has 0 radical (unpaired) electrons. The molecule has 1 N–H and O–H groups in total. The summed E-state index contributed by atoms with van der Waals surface area (Å²) in [5.41, 5.74) is 2.02. The van der Waals surface area contributed by atoms with Crippen molar-refractivity contribution in [2.24, 2.45) is 0 Å². The number of para-hydroxylation sites is 1. The van der Waals surface area contributed by atoms with Crippen molar-refractivity contribution in [2.45, 2.75) is 31.7 Å². The summed E-state index contributed by atoms with van der Waals surface area (Å²) in [4.78, 5) is 39.3. The first-order valence-corrected chi connectivity index (χ1v) is 9.69. The van der Waals surface area contributed by atoms with E-state index in [0.29, 0.717) is 25.3 Å². The highest BCUT2D eigenvalue weighted by molar-refractivity contribution is 7.99. The summed E-state index contributed by atoms with van der Waals surface area (Å²) in [5, 5.41) is 9.04. The van der Waals surface area contributed by atoms with E-state index in [1.807, 2.05) is 24.3 Å². The standard InChI is InChI=1S/C18H22N2O4S/c21-16-6-5-13-3-1-2-4-15(13)20(16)8-7-17(22)19-9-10-25-12-14(19)11-18(23)24/h1-4,14H,5-12H2,(H,23,24). The molecule has 1 saturated heterocycles. The van der Waals surface area contributed by atoms with Gasteiger partial charge in [-0.3, -0.25) is 14.4 Å². The number of carboxylic acid groups (broad SMARTS) is 1. The molecule has 1 atom stereocenters. The Bertz CT molecular complexity index is 679. The smallest absolute Gasteiger partial charge is 0.305 e. The molecule has 0 aliphatic carbocycles. The van der Waals surface area contributed by atoms with E-state index in [2.05, 4.69) is 0 Å². The zero-order valence-electron chi connectivity index (χ0n) is 14.0. The van der Waals surface area contributed by atoms with Gasteiger partial charge in [0.2, 0.25) is 11.8 Å². The molecule has 3 rings (SSSR count). The Balaban J connectivity index is 1.65. The van der Waals surface area contributed by atoms with Crippen molar-refractivity contribution in [1.29, 1.82) is 0 Å². The van der Waals surface area contributed by atoms with Gasteiger partial charge in [-0.15, -0.1) is 0 Å². The molecule has 6 nitrogen and oxygen atoms in total. The van der Waals surface area contributed by atoms with Crippen LogP contribution in [0.2, 0.25) is 0 Å². The lowest BCUT2D eigenvalue weighted by Gasteiger charge is -2.35. The summed E-state index contributed by atoms with van der Waals surface area (Å²) in [6.45, 7) is 0.921. The molecule has 1 fully saturated rings. The maximum Gasteiger partial charge on any atom is 0.305 e. The van der Waals surface area contributed by atoms with Gasteiger partial charge >= 0.3 is 5.97 Å². The molecule has 1 aromatic rings. The second kappa shape index (κ2) is 7.91. The van der Waals surface area contributed by atoms with Crippen LogP contribution in [-0.4, -0.2) is 58.4 Å². The summed E-state index contributed by atoms with van der Waals surface area (Å²) in [6, 6.07) is 7.54. The Morgan fingerprint density at radius 3 is 2.84 bits per heavy atom. The molecular formula is C18H22N2O4S. The number of nitrogens with zero attached hydrogens (tertiary/aromatic N) is 2. The number of thioether (sulfide) groups is 1. The number of fused-ring (bicyclic) bond motifs is 1. The molecule has 2 heterocycles. The van der Waals surface area contributed by atoms with E-state index >= 15 is 0 Å². The number of hydrogen-bond donors (Lipinski definition) is 1. The molecule has 134 valence electrons. The van der Waals surface area contributed by atoms with Crippen molar-refractivity contribution in [1.82, 2.24) is 4.90 Å². The number of rotatable bonds is 5. The van der Waals surface area contributed by atoms with Crippen LogP contribution in [0.3, 0.4) is 0 Å². The Morgan fingerprint density at radius 1 is 1.24 bits per heavy atom. The molecule has 25 heavy (non-hydrogen) atoms. The minimum atomic E-state index is -0.884. The number of aryl methyl sites for hydroxylation is 1. The molecule has 1 unspecified atom stereocenters. The van der Waals surface area contributed by atoms with E-state index in [4.69, 9.17) is 5.11 Å². The van der Waals surface area contributed by atoms with Crippen molar-refractivity contribution in [3.05, 3.63) is 29.8 Å². The average molecular weight is 362 g/mol. The van der Waals surface area contributed by atoms with Gasteiger partial charge in [0.1, 0.15) is 0 Å². The Kier molecular flexibility index (Phi) is 5.63. The molecule has 0 bridgehead atoms. The quantitative estimate of drug-likeness (QED) is 0.864. The second-order valence-electron chi connectivity index (χ2n) is 6.34. The molecule has 2 aliphatic rings. The number of anilines is 1. The zero-order valence-corrected chi connectivity index (χ0v) is 14.8. The average Bonchev–Trinajstić information content (AvgIpc) is 2.60. The molecule has 0 aromatic heterocycles. The summed E-state index contributed by atoms with van der Waals surface area (Å²) < 4.78 is 0. The summed E-state index contributed by atoms with van der Waals surface area (Å²) >= 11 is 1.68. The number of carbonyl (C=O) groups is 3. The fourth-order valence-corrected chi connectivity index (χ4v) is 4.51. The van der Waals surface area contributed by atoms with Crippen molar-refractivity contribution >= 4 is 35.2 Å². The lowest BCUT2D eigenvalue weighted by Crippen LogP contribution is -2.48. The first-order valence-electron chi connectivity index (χ1n) is 8.53. The third kappa shape index (κ3) is 4.15. The highest BCUT2D eigenvalue weighted by Crippen LogP contribution is 2.28. The summed E-state index contributed by atoms with van der Waals surface area (Å²) in [6.07, 6.45) is 1.40. The largest absolute Gasteiger partial charge is 0.481 e. The second-order valence-corrected chi connectivity index (χ2v) is 7.49. The van der Waals surface area contributed by atoms with Gasteiger partial charge in [0, 0.05) is 43.1 Å². The Morgan fingerprint density at radius 2 is 2.04 bits per heavy atom. The monoisotopic (exact) mass is 362 g/mol. The predicted molar refractivity (Wildman–Crippen MR) is 96.8 cm³/mol. The molecule has 0 spiro atoms. The molecule has 7 heteroatoms. The van der Waals surface area contributed by atoms with E-state index in [-0.39, 0.29) is 30.7 Å². The van der Waals surface area contributed by atoms with Gasteiger partial charge < -0.3 is 14.9 Å². The van der Waals surface area contributed by atoms with Gasteiger partial charge in [0.15, 0.2) is 0 Å². The van der Waals surface area contributed by atoms with E-state index in [9.17, 15) is 14.4 Å². The highest BCUT2D eigenvalue weighted by Gasteiger charge is 2.30. The third-order valence-corrected chi connectivity index (χ3v) is 5.79. The van der Waals surface area contributed by atoms with E-state index < -0.39 is 5.97 Å². The Hall–Kier alpha value is -2.02. The van der Waals surface area contributed by atoms with Crippen LogP contribution in [0, 0.1) is 0 Å².